The molecule has 6 nitrogen and oxygen atoms in total. The maximum atomic E-state index is 6.16. The molecule has 1 heterocycles. The maximum absolute atomic E-state index is 6.16. The van der Waals surface area contributed by atoms with E-state index in [2.05, 4.69) is 15.5 Å². The lowest BCUT2D eigenvalue weighted by molar-refractivity contribution is 0.406. The minimum absolute atomic E-state index is 0.242. The molecule has 18 heavy (non-hydrogen) atoms. The van der Waals surface area contributed by atoms with Crippen LogP contribution in [0.2, 0.25) is 5.02 Å². The van der Waals surface area contributed by atoms with Gasteiger partial charge in [0.15, 0.2) is 5.82 Å². The minimum atomic E-state index is -0.242. The zero-order valence-electron chi connectivity index (χ0n) is 10.2. The fourth-order valence-corrected chi connectivity index (χ4v) is 1.91. The molecule has 0 aliphatic rings. The summed E-state index contributed by atoms with van der Waals surface area (Å²) >= 11 is 6.16. The highest BCUT2D eigenvalue weighted by molar-refractivity contribution is 6.31. The van der Waals surface area contributed by atoms with Crippen LogP contribution in [-0.4, -0.2) is 27.3 Å². The molecule has 1 aromatic heterocycles. The van der Waals surface area contributed by atoms with Gasteiger partial charge < -0.3 is 10.5 Å². The zero-order valence-corrected chi connectivity index (χ0v) is 10.9. The standard InChI is InChI=1S/C11H14ClN5O/c1-7(13)11-14-15-16-17(11)6-8-9(12)4-3-5-10(8)18-2/h3-5,7H,6,13H2,1-2H3. The van der Waals surface area contributed by atoms with Crippen molar-refractivity contribution >= 4 is 11.6 Å². The summed E-state index contributed by atoms with van der Waals surface area (Å²) in [6, 6.07) is 5.23. The lowest BCUT2D eigenvalue weighted by atomic mass is 10.2. The van der Waals surface area contributed by atoms with Crippen molar-refractivity contribution in [1.29, 1.82) is 0 Å². The van der Waals surface area contributed by atoms with E-state index in [-0.39, 0.29) is 6.04 Å². The van der Waals surface area contributed by atoms with Crippen LogP contribution >= 0.6 is 11.6 Å². The van der Waals surface area contributed by atoms with Crippen molar-refractivity contribution in [3.63, 3.8) is 0 Å². The van der Waals surface area contributed by atoms with Crippen molar-refractivity contribution in [3.05, 3.63) is 34.6 Å². The van der Waals surface area contributed by atoms with Crippen LogP contribution in [0.4, 0.5) is 0 Å². The number of hydrogen-bond acceptors (Lipinski definition) is 5. The number of methoxy groups -OCH3 is 1. The second-order valence-corrected chi connectivity index (χ2v) is 4.31. The van der Waals surface area contributed by atoms with E-state index < -0.39 is 0 Å². The van der Waals surface area contributed by atoms with Crippen LogP contribution in [0.15, 0.2) is 18.2 Å². The van der Waals surface area contributed by atoms with Gasteiger partial charge in [0.1, 0.15) is 5.75 Å². The van der Waals surface area contributed by atoms with Crippen LogP contribution in [0.25, 0.3) is 0 Å². The minimum Gasteiger partial charge on any atom is -0.496 e. The zero-order chi connectivity index (χ0) is 13.1. The molecule has 0 amide bonds. The molecule has 1 atom stereocenters. The summed E-state index contributed by atoms with van der Waals surface area (Å²) in [5.41, 5.74) is 6.62. The topological polar surface area (TPSA) is 78.8 Å². The molecule has 2 aromatic rings. The summed E-state index contributed by atoms with van der Waals surface area (Å²) in [4.78, 5) is 0. The van der Waals surface area contributed by atoms with E-state index in [1.54, 1.807) is 17.9 Å². The molecular formula is C11H14ClN5O. The fourth-order valence-electron chi connectivity index (χ4n) is 1.68. The highest BCUT2D eigenvalue weighted by Gasteiger charge is 2.14. The van der Waals surface area contributed by atoms with Gasteiger partial charge >= 0.3 is 0 Å². The van der Waals surface area contributed by atoms with Gasteiger partial charge in [-0.05, 0) is 29.5 Å². The van der Waals surface area contributed by atoms with Crippen LogP contribution in [0.3, 0.4) is 0 Å². The van der Waals surface area contributed by atoms with Gasteiger partial charge in [-0.3, -0.25) is 0 Å². The molecule has 0 saturated heterocycles. The van der Waals surface area contributed by atoms with E-state index in [1.807, 2.05) is 19.1 Å². The Morgan fingerprint density at radius 1 is 1.50 bits per heavy atom. The second kappa shape index (κ2) is 5.32. The van der Waals surface area contributed by atoms with E-state index in [0.29, 0.717) is 23.1 Å². The normalized spacial score (nSPS) is 12.4. The number of halogens is 1. The summed E-state index contributed by atoms with van der Waals surface area (Å²) in [7, 11) is 1.60. The van der Waals surface area contributed by atoms with E-state index in [0.717, 1.165) is 5.56 Å². The van der Waals surface area contributed by atoms with Crippen LogP contribution < -0.4 is 10.5 Å². The van der Waals surface area contributed by atoms with Crippen molar-refractivity contribution < 1.29 is 4.74 Å². The third-order valence-electron chi connectivity index (χ3n) is 2.57. The molecule has 96 valence electrons. The first-order chi connectivity index (χ1) is 8.63. The Labute approximate surface area is 110 Å². The molecule has 0 spiro atoms. The van der Waals surface area contributed by atoms with E-state index in [4.69, 9.17) is 22.1 Å². The SMILES string of the molecule is COc1cccc(Cl)c1Cn1nnnc1C(C)N. The Balaban J connectivity index is 2.37. The van der Waals surface area contributed by atoms with Gasteiger partial charge in [-0.2, -0.15) is 0 Å². The highest BCUT2D eigenvalue weighted by Crippen LogP contribution is 2.27. The van der Waals surface area contributed by atoms with Gasteiger partial charge in [0.25, 0.3) is 0 Å². The fraction of sp³-hybridized carbons (Fsp3) is 0.364. The number of aromatic nitrogens is 4. The molecule has 2 N–H and O–H groups in total. The molecule has 2 rings (SSSR count). The number of rotatable bonds is 4. The van der Waals surface area contributed by atoms with Crippen molar-refractivity contribution in [3.8, 4) is 5.75 Å². The molecule has 0 fully saturated rings. The summed E-state index contributed by atoms with van der Waals surface area (Å²) in [5.74, 6) is 1.31. The van der Waals surface area contributed by atoms with Crippen molar-refractivity contribution in [2.24, 2.45) is 5.73 Å². The van der Waals surface area contributed by atoms with Gasteiger partial charge in [-0.25, -0.2) is 4.68 Å². The van der Waals surface area contributed by atoms with Crippen LogP contribution in [0.5, 0.6) is 5.75 Å². The van der Waals surface area contributed by atoms with Crippen molar-refractivity contribution in [2.45, 2.75) is 19.5 Å². The number of benzene rings is 1. The first kappa shape index (κ1) is 12.8. The number of hydrogen-bond donors (Lipinski definition) is 1. The van der Waals surface area contributed by atoms with Crippen LogP contribution in [-0.2, 0) is 6.54 Å². The first-order valence-electron chi connectivity index (χ1n) is 5.46. The van der Waals surface area contributed by atoms with Crippen molar-refractivity contribution in [1.82, 2.24) is 20.2 Å². The Kier molecular flexibility index (Phi) is 3.78. The average molecular weight is 268 g/mol. The molecule has 0 aliphatic carbocycles. The summed E-state index contributed by atoms with van der Waals surface area (Å²) < 4.78 is 6.90. The summed E-state index contributed by atoms with van der Waals surface area (Å²) in [5, 5.41) is 12.0. The maximum Gasteiger partial charge on any atom is 0.168 e. The number of ether oxygens (including phenoxy) is 1. The molecule has 0 radical (unpaired) electrons. The predicted octanol–water partition coefficient (Wildman–Crippen LogP) is 1.40. The lowest BCUT2D eigenvalue weighted by Crippen LogP contribution is -2.15. The van der Waals surface area contributed by atoms with Gasteiger partial charge in [0, 0.05) is 10.6 Å². The number of nitrogens with zero attached hydrogens (tertiary/aromatic N) is 4. The van der Waals surface area contributed by atoms with E-state index in [1.165, 1.54) is 0 Å². The Bertz CT molecular complexity index is 540. The van der Waals surface area contributed by atoms with Gasteiger partial charge in [-0.15, -0.1) is 5.10 Å². The van der Waals surface area contributed by atoms with E-state index >= 15 is 0 Å². The lowest BCUT2D eigenvalue weighted by Gasteiger charge is -2.12. The third-order valence-corrected chi connectivity index (χ3v) is 2.92. The molecular weight excluding hydrogens is 254 g/mol. The predicted molar refractivity (Wildman–Crippen MR) is 67.5 cm³/mol. The summed E-state index contributed by atoms with van der Waals surface area (Å²) in [6.07, 6.45) is 0. The van der Waals surface area contributed by atoms with Crippen LogP contribution in [0.1, 0.15) is 24.4 Å². The molecule has 0 bridgehead atoms. The second-order valence-electron chi connectivity index (χ2n) is 3.90. The largest absolute Gasteiger partial charge is 0.496 e. The highest BCUT2D eigenvalue weighted by atomic mass is 35.5. The first-order valence-corrected chi connectivity index (χ1v) is 5.84. The number of nitrogens with two attached hydrogens (primary N) is 1. The van der Waals surface area contributed by atoms with Gasteiger partial charge in [-0.1, -0.05) is 17.7 Å². The summed E-state index contributed by atoms with van der Waals surface area (Å²) in [6.45, 7) is 2.25. The molecule has 1 aromatic carbocycles. The Hall–Kier alpha value is -1.66. The molecule has 7 heteroatoms. The number of tetrazole rings is 1. The molecule has 0 saturated carbocycles. The Morgan fingerprint density at radius 2 is 2.28 bits per heavy atom. The van der Waals surface area contributed by atoms with Crippen molar-refractivity contribution in [2.75, 3.05) is 7.11 Å². The molecule has 1 unspecified atom stereocenters. The third kappa shape index (κ3) is 2.44. The van der Waals surface area contributed by atoms with Gasteiger partial charge in [0.05, 0.1) is 19.7 Å². The Morgan fingerprint density at radius 3 is 2.94 bits per heavy atom. The average Bonchev–Trinajstić information content (AvgIpc) is 2.80. The monoisotopic (exact) mass is 267 g/mol. The van der Waals surface area contributed by atoms with E-state index in [9.17, 15) is 0 Å². The quantitative estimate of drug-likeness (QED) is 0.906. The molecule has 0 aliphatic heterocycles. The van der Waals surface area contributed by atoms with Crippen LogP contribution in [0, 0.1) is 0 Å². The van der Waals surface area contributed by atoms with Gasteiger partial charge in [0.2, 0.25) is 0 Å². The smallest absolute Gasteiger partial charge is 0.168 e.